The van der Waals surface area contributed by atoms with Gasteiger partial charge in [0.25, 0.3) is 0 Å². The Labute approximate surface area is 165 Å². The first kappa shape index (κ1) is 20.5. The van der Waals surface area contributed by atoms with Crippen LogP contribution in [-0.4, -0.2) is 59.2 Å². The molecule has 1 heterocycles. The molecule has 2 aromatic carbocycles. The standard InChI is InChI=1S/C20H24N2O5S/c1-26-20(23)17-9-5-6-10-19(17)28(24,25)21-18(16-7-3-2-4-8-16)15-22-11-13-27-14-12-22/h2-10,18,21H,11-15H2,1H3/t18-/m0/s1. The Morgan fingerprint density at radius 1 is 1.11 bits per heavy atom. The van der Waals surface area contributed by atoms with E-state index in [1.54, 1.807) is 12.1 Å². The molecular weight excluding hydrogens is 380 g/mol. The monoisotopic (exact) mass is 404 g/mol. The Hall–Kier alpha value is -2.26. The molecule has 0 amide bonds. The van der Waals surface area contributed by atoms with Gasteiger partial charge >= 0.3 is 5.97 Å². The maximum atomic E-state index is 13.1. The molecule has 0 bridgehead atoms. The van der Waals surface area contributed by atoms with E-state index in [-0.39, 0.29) is 10.5 Å². The molecule has 1 aliphatic rings. The molecule has 0 spiro atoms. The molecule has 28 heavy (non-hydrogen) atoms. The summed E-state index contributed by atoms with van der Waals surface area (Å²) in [6.45, 7) is 3.24. The average Bonchev–Trinajstić information content (AvgIpc) is 2.74. The molecule has 8 heteroatoms. The molecule has 1 saturated heterocycles. The van der Waals surface area contributed by atoms with Crippen molar-refractivity contribution in [3.8, 4) is 0 Å². The number of nitrogens with one attached hydrogen (secondary N) is 1. The van der Waals surface area contributed by atoms with Crippen LogP contribution < -0.4 is 4.72 Å². The van der Waals surface area contributed by atoms with Crippen molar-refractivity contribution >= 4 is 16.0 Å². The number of morpholine rings is 1. The Balaban J connectivity index is 1.90. The summed E-state index contributed by atoms with van der Waals surface area (Å²) < 4.78 is 39.2. The van der Waals surface area contributed by atoms with Gasteiger partial charge in [-0.05, 0) is 17.7 Å². The molecule has 0 saturated carbocycles. The highest BCUT2D eigenvalue weighted by atomic mass is 32.2. The van der Waals surface area contributed by atoms with Crippen LogP contribution in [0.3, 0.4) is 0 Å². The van der Waals surface area contributed by atoms with E-state index < -0.39 is 22.0 Å². The number of rotatable bonds is 7. The van der Waals surface area contributed by atoms with E-state index >= 15 is 0 Å². The van der Waals surface area contributed by atoms with Gasteiger partial charge in [-0.15, -0.1) is 0 Å². The number of carbonyl (C=O) groups excluding carboxylic acids is 1. The maximum absolute atomic E-state index is 13.1. The molecule has 0 unspecified atom stereocenters. The van der Waals surface area contributed by atoms with Gasteiger partial charge in [0.1, 0.15) is 0 Å². The second-order valence-electron chi connectivity index (χ2n) is 6.49. The van der Waals surface area contributed by atoms with Crippen molar-refractivity contribution in [2.45, 2.75) is 10.9 Å². The SMILES string of the molecule is COC(=O)c1ccccc1S(=O)(=O)N[C@@H](CN1CCOCC1)c1ccccc1. The molecule has 0 aliphatic carbocycles. The van der Waals surface area contributed by atoms with Crippen molar-refractivity contribution < 1.29 is 22.7 Å². The van der Waals surface area contributed by atoms with E-state index in [1.165, 1.54) is 19.2 Å². The topological polar surface area (TPSA) is 84.9 Å². The second-order valence-corrected chi connectivity index (χ2v) is 8.17. The van der Waals surface area contributed by atoms with Gasteiger partial charge in [0.15, 0.2) is 0 Å². The van der Waals surface area contributed by atoms with Crippen molar-refractivity contribution in [3.05, 3.63) is 65.7 Å². The highest BCUT2D eigenvalue weighted by Crippen LogP contribution is 2.22. The van der Waals surface area contributed by atoms with Crippen LogP contribution in [0.4, 0.5) is 0 Å². The molecule has 150 valence electrons. The summed E-state index contributed by atoms with van der Waals surface area (Å²) in [4.78, 5) is 14.1. The number of nitrogens with zero attached hydrogens (tertiary/aromatic N) is 1. The fourth-order valence-corrected chi connectivity index (χ4v) is 4.58. The van der Waals surface area contributed by atoms with Crippen molar-refractivity contribution in [2.75, 3.05) is 40.0 Å². The minimum Gasteiger partial charge on any atom is -0.465 e. The van der Waals surface area contributed by atoms with Crippen molar-refractivity contribution in [2.24, 2.45) is 0 Å². The summed E-state index contributed by atoms with van der Waals surface area (Å²) in [7, 11) is -2.73. The number of hydrogen-bond acceptors (Lipinski definition) is 6. The lowest BCUT2D eigenvalue weighted by atomic mass is 10.1. The summed E-state index contributed by atoms with van der Waals surface area (Å²) in [5, 5.41) is 0. The molecule has 7 nitrogen and oxygen atoms in total. The summed E-state index contributed by atoms with van der Waals surface area (Å²) in [6.07, 6.45) is 0. The van der Waals surface area contributed by atoms with Crippen LogP contribution in [0.5, 0.6) is 0 Å². The maximum Gasteiger partial charge on any atom is 0.339 e. The fraction of sp³-hybridized carbons (Fsp3) is 0.350. The third-order valence-electron chi connectivity index (χ3n) is 4.63. The lowest BCUT2D eigenvalue weighted by Gasteiger charge is -2.31. The Morgan fingerprint density at radius 3 is 2.43 bits per heavy atom. The van der Waals surface area contributed by atoms with Crippen LogP contribution in [0.2, 0.25) is 0 Å². The second kappa shape index (κ2) is 9.29. The van der Waals surface area contributed by atoms with Gasteiger partial charge in [0.05, 0.1) is 36.8 Å². The Bertz CT molecular complexity index is 896. The number of benzene rings is 2. The minimum absolute atomic E-state index is 0.00989. The molecule has 1 aliphatic heterocycles. The zero-order chi connectivity index (χ0) is 20.0. The molecule has 2 aromatic rings. The number of carbonyl (C=O) groups is 1. The van der Waals surface area contributed by atoms with E-state index in [0.29, 0.717) is 19.8 Å². The number of methoxy groups -OCH3 is 1. The van der Waals surface area contributed by atoms with Crippen molar-refractivity contribution in [1.82, 2.24) is 9.62 Å². The normalized spacial score (nSPS) is 16.5. The van der Waals surface area contributed by atoms with Crippen LogP contribution in [0.15, 0.2) is 59.5 Å². The first-order valence-corrected chi connectivity index (χ1v) is 10.5. The molecule has 1 fully saturated rings. The van der Waals surface area contributed by atoms with Crippen LogP contribution in [-0.2, 0) is 19.5 Å². The summed E-state index contributed by atoms with van der Waals surface area (Å²) in [5.41, 5.74) is 0.865. The Morgan fingerprint density at radius 2 is 1.75 bits per heavy atom. The minimum atomic E-state index is -3.95. The van der Waals surface area contributed by atoms with Gasteiger partial charge in [-0.1, -0.05) is 42.5 Å². The molecule has 3 rings (SSSR count). The largest absolute Gasteiger partial charge is 0.465 e. The predicted molar refractivity (Wildman–Crippen MR) is 105 cm³/mol. The van der Waals surface area contributed by atoms with E-state index in [0.717, 1.165) is 18.7 Å². The number of ether oxygens (including phenoxy) is 2. The predicted octanol–water partition coefficient (Wildman–Crippen LogP) is 1.82. The molecule has 1 atom stereocenters. The number of hydrogen-bond donors (Lipinski definition) is 1. The molecule has 0 radical (unpaired) electrons. The van der Waals surface area contributed by atoms with Gasteiger partial charge in [0, 0.05) is 19.6 Å². The number of sulfonamides is 1. The molecule has 0 aromatic heterocycles. The van der Waals surface area contributed by atoms with Gasteiger partial charge < -0.3 is 9.47 Å². The summed E-state index contributed by atoms with van der Waals surface area (Å²) in [6, 6.07) is 15.0. The fourth-order valence-electron chi connectivity index (χ4n) is 3.17. The molecular formula is C20H24N2O5S. The van der Waals surface area contributed by atoms with Gasteiger partial charge in [-0.3, -0.25) is 4.90 Å². The van der Waals surface area contributed by atoms with Crippen LogP contribution in [0.1, 0.15) is 22.0 Å². The van der Waals surface area contributed by atoms with Gasteiger partial charge in [-0.2, -0.15) is 0 Å². The van der Waals surface area contributed by atoms with Gasteiger partial charge in [0.2, 0.25) is 10.0 Å². The Kier molecular flexibility index (Phi) is 6.79. The van der Waals surface area contributed by atoms with E-state index in [2.05, 4.69) is 9.62 Å². The highest BCUT2D eigenvalue weighted by molar-refractivity contribution is 7.89. The first-order chi connectivity index (χ1) is 13.5. The van der Waals surface area contributed by atoms with Crippen LogP contribution in [0.25, 0.3) is 0 Å². The van der Waals surface area contributed by atoms with Crippen molar-refractivity contribution in [1.29, 1.82) is 0 Å². The lowest BCUT2D eigenvalue weighted by molar-refractivity contribution is 0.0345. The zero-order valence-corrected chi connectivity index (χ0v) is 16.5. The summed E-state index contributed by atoms with van der Waals surface area (Å²) in [5.74, 6) is -0.689. The van der Waals surface area contributed by atoms with Crippen molar-refractivity contribution in [3.63, 3.8) is 0 Å². The van der Waals surface area contributed by atoms with Crippen LogP contribution in [0, 0.1) is 0 Å². The van der Waals surface area contributed by atoms with E-state index in [4.69, 9.17) is 9.47 Å². The third-order valence-corrected chi connectivity index (χ3v) is 6.16. The quantitative estimate of drug-likeness (QED) is 0.709. The highest BCUT2D eigenvalue weighted by Gasteiger charge is 2.27. The van der Waals surface area contributed by atoms with E-state index in [9.17, 15) is 13.2 Å². The summed E-state index contributed by atoms with van der Waals surface area (Å²) >= 11 is 0. The van der Waals surface area contributed by atoms with E-state index in [1.807, 2.05) is 30.3 Å². The van der Waals surface area contributed by atoms with Gasteiger partial charge in [-0.25, -0.2) is 17.9 Å². The number of esters is 1. The lowest BCUT2D eigenvalue weighted by Crippen LogP contribution is -2.43. The molecule has 1 N–H and O–H groups in total. The smallest absolute Gasteiger partial charge is 0.339 e. The average molecular weight is 404 g/mol. The zero-order valence-electron chi connectivity index (χ0n) is 15.7. The third kappa shape index (κ3) is 4.96. The van der Waals surface area contributed by atoms with Crippen LogP contribution >= 0.6 is 0 Å². The first-order valence-electron chi connectivity index (χ1n) is 9.06.